The number of anilines is 2. The van der Waals surface area contributed by atoms with Gasteiger partial charge in [-0.2, -0.15) is 0 Å². The number of aryl methyl sites for hydroxylation is 1. The van der Waals surface area contributed by atoms with Crippen LogP contribution in [0.3, 0.4) is 0 Å². The number of amides is 2. The fourth-order valence-corrected chi connectivity index (χ4v) is 2.98. The molecule has 0 radical (unpaired) electrons. The van der Waals surface area contributed by atoms with Crippen molar-refractivity contribution in [2.45, 2.75) is 26.7 Å². The molecule has 0 atom stereocenters. The standard InChI is InChI=1S/C19H26N6O2/c1-13(2)17-21-14(3)12-16(23-17)24-8-10-25(11-9-24)19(26)22-15-6-5-7-20-18(15)27-4/h5-7,12-13H,8-11H2,1-4H3,(H,22,26). The highest BCUT2D eigenvalue weighted by molar-refractivity contribution is 5.90. The first kappa shape index (κ1) is 18.9. The molecule has 0 aliphatic carbocycles. The Labute approximate surface area is 159 Å². The maximum absolute atomic E-state index is 12.6. The topological polar surface area (TPSA) is 83.5 Å². The summed E-state index contributed by atoms with van der Waals surface area (Å²) in [5.74, 6) is 2.47. The zero-order chi connectivity index (χ0) is 19.4. The van der Waals surface area contributed by atoms with E-state index >= 15 is 0 Å². The van der Waals surface area contributed by atoms with Crippen LogP contribution >= 0.6 is 0 Å². The molecule has 3 rings (SSSR count). The van der Waals surface area contributed by atoms with E-state index in [9.17, 15) is 4.79 Å². The van der Waals surface area contributed by atoms with E-state index in [1.807, 2.05) is 13.0 Å². The number of aromatic nitrogens is 3. The lowest BCUT2D eigenvalue weighted by Gasteiger charge is -2.35. The van der Waals surface area contributed by atoms with E-state index in [2.05, 4.69) is 39.0 Å². The van der Waals surface area contributed by atoms with Gasteiger partial charge in [0, 0.05) is 50.1 Å². The SMILES string of the molecule is COc1ncccc1NC(=O)N1CCN(c2cc(C)nc(C(C)C)n2)CC1. The van der Waals surface area contributed by atoms with Gasteiger partial charge in [0.05, 0.1) is 7.11 Å². The predicted octanol–water partition coefficient (Wildman–Crippen LogP) is 2.67. The zero-order valence-corrected chi connectivity index (χ0v) is 16.3. The molecule has 2 amide bonds. The van der Waals surface area contributed by atoms with Crippen molar-refractivity contribution in [1.82, 2.24) is 19.9 Å². The van der Waals surface area contributed by atoms with Crippen LogP contribution in [0.5, 0.6) is 5.88 Å². The van der Waals surface area contributed by atoms with Crippen molar-refractivity contribution >= 4 is 17.5 Å². The molecule has 1 fully saturated rings. The molecule has 1 aliphatic heterocycles. The van der Waals surface area contributed by atoms with E-state index in [0.717, 1.165) is 30.4 Å². The van der Waals surface area contributed by atoms with Crippen molar-refractivity contribution in [2.24, 2.45) is 0 Å². The monoisotopic (exact) mass is 370 g/mol. The second-order valence-electron chi connectivity index (χ2n) is 6.84. The van der Waals surface area contributed by atoms with Gasteiger partial charge in [0.2, 0.25) is 5.88 Å². The number of nitrogens with one attached hydrogen (secondary N) is 1. The van der Waals surface area contributed by atoms with Crippen LogP contribution in [0.25, 0.3) is 0 Å². The minimum absolute atomic E-state index is 0.150. The quantitative estimate of drug-likeness (QED) is 0.891. The molecule has 0 saturated carbocycles. The van der Waals surface area contributed by atoms with Crippen LogP contribution in [0.1, 0.15) is 31.3 Å². The Morgan fingerprint density at radius 2 is 1.96 bits per heavy atom. The largest absolute Gasteiger partial charge is 0.480 e. The van der Waals surface area contributed by atoms with Gasteiger partial charge in [-0.05, 0) is 19.1 Å². The second-order valence-corrected chi connectivity index (χ2v) is 6.84. The van der Waals surface area contributed by atoms with Crippen molar-refractivity contribution in [3.63, 3.8) is 0 Å². The Morgan fingerprint density at radius 1 is 1.22 bits per heavy atom. The van der Waals surface area contributed by atoms with Crippen LogP contribution < -0.4 is 15.0 Å². The van der Waals surface area contributed by atoms with Crippen LogP contribution in [0.2, 0.25) is 0 Å². The molecule has 144 valence electrons. The number of ether oxygens (including phenoxy) is 1. The van der Waals surface area contributed by atoms with Crippen LogP contribution in [0, 0.1) is 6.92 Å². The lowest BCUT2D eigenvalue weighted by Crippen LogP contribution is -2.50. The third kappa shape index (κ3) is 4.45. The van der Waals surface area contributed by atoms with E-state index in [1.165, 1.54) is 7.11 Å². The third-order valence-corrected chi connectivity index (χ3v) is 4.47. The Morgan fingerprint density at radius 3 is 2.63 bits per heavy atom. The van der Waals surface area contributed by atoms with Gasteiger partial charge in [0.25, 0.3) is 0 Å². The highest BCUT2D eigenvalue weighted by Gasteiger charge is 2.23. The Bertz CT molecular complexity index is 803. The fourth-order valence-electron chi connectivity index (χ4n) is 2.98. The summed E-state index contributed by atoms with van der Waals surface area (Å²) in [4.78, 5) is 29.9. The first-order chi connectivity index (χ1) is 13.0. The van der Waals surface area contributed by atoms with E-state index in [4.69, 9.17) is 4.74 Å². The number of carbonyl (C=O) groups is 1. The van der Waals surface area contributed by atoms with Crippen molar-refractivity contribution in [3.05, 3.63) is 35.9 Å². The van der Waals surface area contributed by atoms with Gasteiger partial charge in [0.15, 0.2) is 0 Å². The van der Waals surface area contributed by atoms with E-state index in [1.54, 1.807) is 23.2 Å². The average molecular weight is 370 g/mol. The van der Waals surface area contributed by atoms with Gasteiger partial charge in [-0.15, -0.1) is 0 Å². The number of urea groups is 1. The van der Waals surface area contributed by atoms with Crippen LogP contribution in [0.15, 0.2) is 24.4 Å². The third-order valence-electron chi connectivity index (χ3n) is 4.47. The summed E-state index contributed by atoms with van der Waals surface area (Å²) in [5, 5.41) is 2.87. The van der Waals surface area contributed by atoms with Crippen molar-refractivity contribution in [3.8, 4) is 5.88 Å². The van der Waals surface area contributed by atoms with Crippen LogP contribution in [-0.2, 0) is 0 Å². The van der Waals surface area contributed by atoms with E-state index in [0.29, 0.717) is 24.7 Å². The molecule has 0 aromatic carbocycles. The average Bonchev–Trinajstić information content (AvgIpc) is 2.68. The number of hydrogen-bond acceptors (Lipinski definition) is 6. The summed E-state index contributed by atoms with van der Waals surface area (Å²) in [6.45, 7) is 8.86. The lowest BCUT2D eigenvalue weighted by molar-refractivity contribution is 0.208. The van der Waals surface area contributed by atoms with Gasteiger partial charge in [-0.3, -0.25) is 0 Å². The van der Waals surface area contributed by atoms with Crippen molar-refractivity contribution in [1.29, 1.82) is 0 Å². The Kier molecular flexibility index (Phi) is 5.73. The summed E-state index contributed by atoms with van der Waals surface area (Å²) in [5.41, 5.74) is 1.54. The van der Waals surface area contributed by atoms with Crippen molar-refractivity contribution < 1.29 is 9.53 Å². The van der Waals surface area contributed by atoms with Gasteiger partial charge < -0.3 is 19.9 Å². The summed E-state index contributed by atoms with van der Waals surface area (Å²) in [6, 6.07) is 5.39. The first-order valence-electron chi connectivity index (χ1n) is 9.13. The lowest BCUT2D eigenvalue weighted by atomic mass is 10.2. The highest BCUT2D eigenvalue weighted by Crippen LogP contribution is 2.22. The summed E-state index contributed by atoms with van der Waals surface area (Å²) < 4.78 is 5.18. The number of nitrogens with zero attached hydrogens (tertiary/aromatic N) is 5. The molecule has 1 saturated heterocycles. The second kappa shape index (κ2) is 8.20. The van der Waals surface area contributed by atoms with Gasteiger partial charge in [-0.1, -0.05) is 13.8 Å². The molecule has 8 nitrogen and oxygen atoms in total. The van der Waals surface area contributed by atoms with Crippen molar-refractivity contribution in [2.75, 3.05) is 43.5 Å². The minimum Gasteiger partial charge on any atom is -0.480 e. The van der Waals surface area contributed by atoms with E-state index in [-0.39, 0.29) is 11.9 Å². The molecule has 8 heteroatoms. The number of methoxy groups -OCH3 is 1. The maximum atomic E-state index is 12.6. The van der Waals surface area contributed by atoms with Gasteiger partial charge in [-0.25, -0.2) is 19.7 Å². The Hall–Kier alpha value is -2.90. The molecule has 0 unspecified atom stereocenters. The number of hydrogen-bond donors (Lipinski definition) is 1. The first-order valence-corrected chi connectivity index (χ1v) is 9.13. The molecule has 27 heavy (non-hydrogen) atoms. The zero-order valence-electron chi connectivity index (χ0n) is 16.3. The minimum atomic E-state index is -0.150. The molecular formula is C19H26N6O2. The number of rotatable bonds is 4. The van der Waals surface area contributed by atoms with Gasteiger partial charge >= 0.3 is 6.03 Å². The fraction of sp³-hybridized carbons (Fsp3) is 0.474. The molecule has 1 aliphatic rings. The van der Waals surface area contributed by atoms with Crippen LogP contribution in [-0.4, -0.2) is 59.2 Å². The number of carbonyl (C=O) groups excluding carboxylic acids is 1. The number of piperazine rings is 1. The summed E-state index contributed by atoms with van der Waals surface area (Å²) in [6.07, 6.45) is 1.63. The van der Waals surface area contributed by atoms with E-state index < -0.39 is 0 Å². The smallest absolute Gasteiger partial charge is 0.322 e. The molecule has 1 N–H and O–H groups in total. The Balaban J connectivity index is 1.62. The van der Waals surface area contributed by atoms with Gasteiger partial charge in [0.1, 0.15) is 17.3 Å². The molecule has 0 bridgehead atoms. The van der Waals surface area contributed by atoms with Crippen LogP contribution in [0.4, 0.5) is 16.3 Å². The molecule has 3 heterocycles. The predicted molar refractivity (Wildman–Crippen MR) is 104 cm³/mol. The maximum Gasteiger partial charge on any atom is 0.322 e. The summed E-state index contributed by atoms with van der Waals surface area (Å²) in [7, 11) is 1.53. The summed E-state index contributed by atoms with van der Waals surface area (Å²) >= 11 is 0. The highest BCUT2D eigenvalue weighted by atomic mass is 16.5. The molecular weight excluding hydrogens is 344 g/mol. The number of pyridine rings is 1. The normalized spacial score (nSPS) is 14.4. The molecule has 0 spiro atoms. The molecule has 2 aromatic rings. The molecule has 2 aromatic heterocycles.